The smallest absolute Gasteiger partial charge is 0.267 e. The molecule has 1 aliphatic carbocycles. The van der Waals surface area contributed by atoms with E-state index < -0.39 is 22.0 Å². The van der Waals surface area contributed by atoms with Gasteiger partial charge in [-0.15, -0.1) is 0 Å². The van der Waals surface area contributed by atoms with Gasteiger partial charge >= 0.3 is 0 Å². The summed E-state index contributed by atoms with van der Waals surface area (Å²) in [4.78, 5) is 13.5. The first-order valence-corrected chi connectivity index (χ1v) is 13.1. The highest BCUT2D eigenvalue weighted by Gasteiger charge is 2.37. The zero-order valence-corrected chi connectivity index (χ0v) is 20.1. The largest absolute Gasteiger partial charge is 0.476 e. The molecule has 0 fully saturated rings. The Balaban J connectivity index is 1.34. The van der Waals surface area contributed by atoms with Crippen LogP contribution in [0.15, 0.2) is 83.8 Å². The van der Waals surface area contributed by atoms with E-state index in [0.717, 1.165) is 18.2 Å². The number of amides is 1. The van der Waals surface area contributed by atoms with E-state index in [1.165, 1.54) is 45.1 Å². The van der Waals surface area contributed by atoms with E-state index in [9.17, 15) is 13.2 Å². The number of ether oxygens (including phenoxy) is 1. The van der Waals surface area contributed by atoms with Gasteiger partial charge in [0.15, 0.2) is 6.10 Å². The van der Waals surface area contributed by atoms with Crippen molar-refractivity contribution in [1.29, 1.82) is 0 Å². The lowest BCUT2D eigenvalue weighted by atomic mass is 10.0. The third kappa shape index (κ3) is 3.72. The predicted octanol–water partition coefficient (Wildman–Crippen LogP) is 5.19. The van der Waals surface area contributed by atoms with Crippen LogP contribution in [0, 0.1) is 0 Å². The number of para-hydroxylation sites is 2. The average molecular weight is 505 g/mol. The van der Waals surface area contributed by atoms with Crippen LogP contribution < -0.4 is 14.4 Å². The van der Waals surface area contributed by atoms with Crippen LogP contribution in [-0.4, -0.2) is 27.0 Å². The lowest BCUT2D eigenvalue weighted by molar-refractivity contribution is -0.122. The molecule has 0 bridgehead atoms. The number of benzene rings is 4. The number of carbonyl (C=O) groups excluding carboxylic acids is 1. The number of rotatable bonds is 4. The van der Waals surface area contributed by atoms with Crippen molar-refractivity contribution in [2.75, 3.05) is 16.2 Å². The van der Waals surface area contributed by atoms with E-state index in [0.29, 0.717) is 22.1 Å². The number of nitrogens with one attached hydrogen (secondary N) is 1. The third-order valence-electron chi connectivity index (χ3n) is 6.56. The maximum absolute atomic E-state index is 13.5. The van der Waals surface area contributed by atoms with E-state index in [-0.39, 0.29) is 11.4 Å². The summed E-state index contributed by atoms with van der Waals surface area (Å²) in [5.74, 6) is -0.0774. The second-order valence-corrected chi connectivity index (χ2v) is 11.0. The monoisotopic (exact) mass is 504 g/mol. The maximum atomic E-state index is 13.5. The van der Waals surface area contributed by atoms with Crippen LogP contribution in [0.3, 0.4) is 0 Å². The Kier molecular flexibility index (Phi) is 5.20. The van der Waals surface area contributed by atoms with Crippen molar-refractivity contribution in [3.63, 3.8) is 0 Å². The molecule has 0 saturated heterocycles. The number of halogens is 1. The van der Waals surface area contributed by atoms with Crippen LogP contribution in [-0.2, 0) is 27.7 Å². The second kappa shape index (κ2) is 8.29. The minimum atomic E-state index is -3.95. The number of carbonyl (C=O) groups is 1. The van der Waals surface area contributed by atoms with Gasteiger partial charge < -0.3 is 10.1 Å². The highest BCUT2D eigenvalue weighted by atomic mass is 35.5. The van der Waals surface area contributed by atoms with Gasteiger partial charge in [-0.05, 0) is 71.8 Å². The first-order valence-electron chi connectivity index (χ1n) is 11.3. The first-order chi connectivity index (χ1) is 16.9. The van der Waals surface area contributed by atoms with Crippen LogP contribution in [0.4, 0.5) is 11.4 Å². The van der Waals surface area contributed by atoms with Crippen molar-refractivity contribution < 1.29 is 17.9 Å². The van der Waals surface area contributed by atoms with Crippen LogP contribution >= 0.6 is 11.6 Å². The van der Waals surface area contributed by atoms with Crippen molar-refractivity contribution >= 4 is 49.7 Å². The molecule has 1 unspecified atom stereocenters. The molecule has 176 valence electrons. The summed E-state index contributed by atoms with van der Waals surface area (Å²) in [6, 6.07) is 22.8. The highest BCUT2D eigenvalue weighted by molar-refractivity contribution is 7.92. The quantitative estimate of drug-likeness (QED) is 0.415. The molecule has 0 spiro atoms. The average Bonchev–Trinajstić information content (AvgIpc) is 3.30. The molecule has 0 radical (unpaired) electrons. The molecule has 0 saturated carbocycles. The SMILES string of the molecule is O=C(Nc1ccc2c3c(cccc13)CC2)C1CN(S(=O)(=O)c2ccc(Cl)cc2)c2ccccc2O1. The van der Waals surface area contributed by atoms with Crippen molar-refractivity contribution in [3.05, 3.63) is 95.0 Å². The molecular formula is C27H21ClN2O4S. The van der Waals surface area contributed by atoms with Gasteiger partial charge in [0, 0.05) is 16.1 Å². The van der Waals surface area contributed by atoms with Gasteiger partial charge in [-0.2, -0.15) is 0 Å². The Bertz CT molecular complexity index is 1570. The number of nitrogens with zero attached hydrogens (tertiary/aromatic N) is 1. The standard InChI is InChI=1S/C27H21ClN2O4S/c28-19-11-13-20(14-12-19)35(32,33)30-16-25(34-24-7-2-1-6-23(24)30)27(31)29-22-15-10-18-9-8-17-4-3-5-21(22)26(17)18/h1-7,10-15,25H,8-9,16H2,(H,29,31). The summed E-state index contributed by atoms with van der Waals surface area (Å²) in [5.41, 5.74) is 3.62. The normalized spacial score (nSPS) is 16.6. The number of aryl methyl sites for hydroxylation is 2. The Morgan fingerprint density at radius 2 is 1.66 bits per heavy atom. The lowest BCUT2D eigenvalue weighted by Gasteiger charge is -2.34. The fraction of sp³-hybridized carbons (Fsp3) is 0.148. The zero-order chi connectivity index (χ0) is 24.2. The number of fused-ring (bicyclic) bond motifs is 1. The minimum Gasteiger partial charge on any atom is -0.476 e. The summed E-state index contributed by atoms with van der Waals surface area (Å²) in [7, 11) is -3.95. The van der Waals surface area contributed by atoms with Crippen LogP contribution in [0.2, 0.25) is 5.02 Å². The maximum Gasteiger partial charge on any atom is 0.267 e. The molecule has 1 atom stereocenters. The molecule has 1 aliphatic heterocycles. The lowest BCUT2D eigenvalue weighted by Crippen LogP contribution is -2.48. The Morgan fingerprint density at radius 1 is 0.914 bits per heavy atom. The molecule has 2 aliphatic rings. The van der Waals surface area contributed by atoms with Gasteiger partial charge in [-0.25, -0.2) is 8.42 Å². The Morgan fingerprint density at radius 3 is 2.46 bits per heavy atom. The van der Waals surface area contributed by atoms with Crippen molar-refractivity contribution in [2.24, 2.45) is 0 Å². The zero-order valence-electron chi connectivity index (χ0n) is 18.6. The molecule has 8 heteroatoms. The number of anilines is 2. The summed E-state index contributed by atoms with van der Waals surface area (Å²) in [5, 5.41) is 5.59. The molecule has 0 aromatic heterocycles. The van der Waals surface area contributed by atoms with Crippen LogP contribution in [0.1, 0.15) is 11.1 Å². The third-order valence-corrected chi connectivity index (χ3v) is 8.61. The second-order valence-electron chi connectivity index (χ2n) is 8.67. The van der Waals surface area contributed by atoms with E-state index in [2.05, 4.69) is 11.4 Å². The van der Waals surface area contributed by atoms with Gasteiger partial charge in [0.1, 0.15) is 5.75 Å². The minimum absolute atomic E-state index is 0.0882. The van der Waals surface area contributed by atoms with Gasteiger partial charge in [0.2, 0.25) is 0 Å². The van der Waals surface area contributed by atoms with Gasteiger partial charge in [0.25, 0.3) is 15.9 Å². The van der Waals surface area contributed by atoms with Crippen LogP contribution in [0.25, 0.3) is 10.8 Å². The fourth-order valence-corrected chi connectivity index (χ4v) is 6.47. The number of hydrogen-bond acceptors (Lipinski definition) is 4. The Hall–Kier alpha value is -3.55. The molecule has 4 aromatic carbocycles. The van der Waals surface area contributed by atoms with E-state index >= 15 is 0 Å². The van der Waals surface area contributed by atoms with Crippen molar-refractivity contribution in [2.45, 2.75) is 23.8 Å². The van der Waals surface area contributed by atoms with Gasteiger partial charge in [-0.1, -0.05) is 48.0 Å². The summed E-state index contributed by atoms with van der Waals surface area (Å²) in [6.07, 6.45) is 0.948. The molecule has 35 heavy (non-hydrogen) atoms. The topological polar surface area (TPSA) is 75.7 Å². The van der Waals surface area contributed by atoms with Gasteiger partial charge in [-0.3, -0.25) is 9.10 Å². The summed E-state index contributed by atoms with van der Waals surface area (Å²) >= 11 is 5.95. The summed E-state index contributed by atoms with van der Waals surface area (Å²) < 4.78 is 34.3. The number of sulfonamides is 1. The van der Waals surface area contributed by atoms with Crippen LogP contribution in [0.5, 0.6) is 5.75 Å². The predicted molar refractivity (Wildman–Crippen MR) is 137 cm³/mol. The molecule has 6 rings (SSSR count). The number of hydrogen-bond donors (Lipinski definition) is 1. The molecule has 1 N–H and O–H groups in total. The molecule has 6 nitrogen and oxygen atoms in total. The molecule has 4 aromatic rings. The molecule has 1 amide bonds. The summed E-state index contributed by atoms with van der Waals surface area (Å²) in [6.45, 7) is -0.158. The van der Waals surface area contributed by atoms with Crippen molar-refractivity contribution in [3.8, 4) is 5.75 Å². The van der Waals surface area contributed by atoms with E-state index in [1.807, 2.05) is 24.3 Å². The Labute approximate surface area is 208 Å². The molecular weight excluding hydrogens is 484 g/mol. The highest BCUT2D eigenvalue weighted by Crippen LogP contribution is 2.38. The fourth-order valence-electron chi connectivity index (χ4n) is 4.87. The molecule has 1 heterocycles. The first kappa shape index (κ1) is 21.9. The van der Waals surface area contributed by atoms with Crippen molar-refractivity contribution in [1.82, 2.24) is 0 Å². The van der Waals surface area contributed by atoms with E-state index in [1.54, 1.807) is 24.3 Å². The van der Waals surface area contributed by atoms with Gasteiger partial charge in [0.05, 0.1) is 17.1 Å². The van der Waals surface area contributed by atoms with E-state index in [4.69, 9.17) is 16.3 Å².